The van der Waals surface area contributed by atoms with E-state index in [1.807, 2.05) is 6.20 Å². The minimum absolute atomic E-state index is 0. The van der Waals surface area contributed by atoms with Gasteiger partial charge in [-0.2, -0.15) is 0 Å². The fourth-order valence-electron chi connectivity index (χ4n) is 2.98. The van der Waals surface area contributed by atoms with Gasteiger partial charge >= 0.3 is 0 Å². The SMILES string of the molecule is CC1CN(c2ccc(CNC3=NCCN3C)cn2)CC(C)O1.I. The number of aliphatic imine (C=N–C) groups is 1. The minimum Gasteiger partial charge on any atom is -0.372 e. The Morgan fingerprint density at radius 3 is 2.57 bits per heavy atom. The summed E-state index contributed by atoms with van der Waals surface area (Å²) in [5, 5.41) is 3.36. The summed E-state index contributed by atoms with van der Waals surface area (Å²) in [5.74, 6) is 2.00. The highest BCUT2D eigenvalue weighted by molar-refractivity contribution is 14.0. The van der Waals surface area contributed by atoms with E-state index < -0.39 is 0 Å². The number of anilines is 1. The Morgan fingerprint density at radius 2 is 2.00 bits per heavy atom. The Hall–Kier alpha value is -1.09. The summed E-state index contributed by atoms with van der Waals surface area (Å²) in [5.41, 5.74) is 1.17. The molecule has 1 fully saturated rings. The van der Waals surface area contributed by atoms with Crippen molar-refractivity contribution in [2.75, 3.05) is 38.1 Å². The standard InChI is InChI=1S/C16H25N5O.HI/c1-12-10-21(11-13(2)22-12)15-5-4-14(8-18-15)9-19-16-17-6-7-20(16)3;/h4-5,8,12-13H,6-7,9-11H2,1-3H3,(H,17,19);1H. The molecule has 0 saturated carbocycles. The van der Waals surface area contributed by atoms with Crippen LogP contribution in [0.5, 0.6) is 0 Å². The molecule has 0 spiro atoms. The first-order valence-electron chi connectivity index (χ1n) is 7.96. The number of aromatic nitrogens is 1. The lowest BCUT2D eigenvalue weighted by Gasteiger charge is -2.36. The third-order valence-electron chi connectivity index (χ3n) is 4.06. The van der Waals surface area contributed by atoms with Crippen molar-refractivity contribution in [3.8, 4) is 0 Å². The zero-order valence-corrected chi connectivity index (χ0v) is 16.4. The monoisotopic (exact) mass is 431 g/mol. The number of pyridine rings is 1. The molecule has 3 heterocycles. The Bertz CT molecular complexity index is 526. The second-order valence-electron chi connectivity index (χ2n) is 6.17. The molecule has 1 aromatic rings. The molecular weight excluding hydrogens is 405 g/mol. The summed E-state index contributed by atoms with van der Waals surface area (Å²) in [7, 11) is 2.06. The maximum atomic E-state index is 5.77. The zero-order valence-electron chi connectivity index (χ0n) is 14.0. The molecule has 1 saturated heterocycles. The average molecular weight is 431 g/mol. The number of hydrogen-bond donors (Lipinski definition) is 1. The molecule has 2 atom stereocenters. The molecule has 1 aromatic heterocycles. The van der Waals surface area contributed by atoms with Gasteiger partial charge in [0.25, 0.3) is 0 Å². The van der Waals surface area contributed by atoms with Gasteiger partial charge in [-0.05, 0) is 25.5 Å². The van der Waals surface area contributed by atoms with Gasteiger partial charge < -0.3 is 19.9 Å². The van der Waals surface area contributed by atoms with Crippen LogP contribution in [0.15, 0.2) is 23.3 Å². The molecule has 0 amide bonds. The van der Waals surface area contributed by atoms with Gasteiger partial charge in [-0.25, -0.2) is 4.98 Å². The number of ether oxygens (including phenoxy) is 1. The van der Waals surface area contributed by atoms with E-state index in [0.717, 1.165) is 44.5 Å². The predicted octanol–water partition coefficient (Wildman–Crippen LogP) is 1.70. The number of halogens is 1. The summed E-state index contributed by atoms with van der Waals surface area (Å²) in [6.45, 7) is 8.65. The fourth-order valence-corrected chi connectivity index (χ4v) is 2.98. The molecule has 6 nitrogen and oxygen atoms in total. The molecule has 3 rings (SSSR count). The van der Waals surface area contributed by atoms with E-state index in [1.54, 1.807) is 0 Å². The third-order valence-corrected chi connectivity index (χ3v) is 4.06. The highest BCUT2D eigenvalue weighted by Crippen LogP contribution is 2.18. The van der Waals surface area contributed by atoms with Crippen LogP contribution in [-0.4, -0.2) is 61.3 Å². The molecule has 7 heteroatoms. The Labute approximate surface area is 155 Å². The van der Waals surface area contributed by atoms with Crippen LogP contribution in [0.25, 0.3) is 0 Å². The van der Waals surface area contributed by atoms with Crippen molar-refractivity contribution in [2.45, 2.75) is 32.6 Å². The van der Waals surface area contributed by atoms with Crippen LogP contribution in [0.2, 0.25) is 0 Å². The van der Waals surface area contributed by atoms with E-state index in [0.29, 0.717) is 0 Å². The topological polar surface area (TPSA) is 53.0 Å². The number of hydrogen-bond acceptors (Lipinski definition) is 6. The van der Waals surface area contributed by atoms with E-state index in [-0.39, 0.29) is 36.2 Å². The smallest absolute Gasteiger partial charge is 0.194 e. The highest BCUT2D eigenvalue weighted by Gasteiger charge is 2.23. The summed E-state index contributed by atoms with van der Waals surface area (Å²) < 4.78 is 5.77. The number of nitrogens with one attached hydrogen (secondary N) is 1. The minimum atomic E-state index is 0. The van der Waals surface area contributed by atoms with Gasteiger partial charge in [0.1, 0.15) is 5.82 Å². The van der Waals surface area contributed by atoms with E-state index >= 15 is 0 Å². The van der Waals surface area contributed by atoms with Crippen molar-refractivity contribution < 1.29 is 4.74 Å². The van der Waals surface area contributed by atoms with Crippen LogP contribution < -0.4 is 10.2 Å². The second-order valence-corrected chi connectivity index (χ2v) is 6.17. The van der Waals surface area contributed by atoms with E-state index in [1.165, 1.54) is 5.56 Å². The maximum Gasteiger partial charge on any atom is 0.194 e. The van der Waals surface area contributed by atoms with Gasteiger partial charge in [-0.1, -0.05) is 6.07 Å². The van der Waals surface area contributed by atoms with Gasteiger partial charge in [0.2, 0.25) is 0 Å². The van der Waals surface area contributed by atoms with Crippen molar-refractivity contribution in [2.24, 2.45) is 4.99 Å². The first-order valence-corrected chi connectivity index (χ1v) is 7.96. The third kappa shape index (κ3) is 4.69. The van der Waals surface area contributed by atoms with Crippen molar-refractivity contribution >= 4 is 35.8 Å². The van der Waals surface area contributed by atoms with Crippen molar-refractivity contribution in [1.29, 1.82) is 0 Å². The van der Waals surface area contributed by atoms with E-state index in [9.17, 15) is 0 Å². The number of likely N-dealkylation sites (N-methyl/N-ethyl adjacent to an activating group) is 1. The normalized spacial score (nSPS) is 24.2. The van der Waals surface area contributed by atoms with Crippen molar-refractivity contribution in [1.82, 2.24) is 15.2 Å². The second kappa shape index (κ2) is 8.14. The van der Waals surface area contributed by atoms with E-state index in [4.69, 9.17) is 4.74 Å². The molecule has 23 heavy (non-hydrogen) atoms. The molecule has 2 aliphatic heterocycles. The summed E-state index contributed by atoms with van der Waals surface area (Å²) in [6, 6.07) is 4.23. The Morgan fingerprint density at radius 1 is 1.26 bits per heavy atom. The van der Waals surface area contributed by atoms with E-state index in [2.05, 4.69) is 58.1 Å². The van der Waals surface area contributed by atoms with Gasteiger partial charge in [0.05, 0.1) is 18.8 Å². The van der Waals surface area contributed by atoms with Crippen LogP contribution in [0, 0.1) is 0 Å². The quantitative estimate of drug-likeness (QED) is 0.739. The first kappa shape index (κ1) is 18.3. The first-order chi connectivity index (χ1) is 10.6. The molecule has 0 aliphatic carbocycles. The maximum absolute atomic E-state index is 5.77. The lowest BCUT2D eigenvalue weighted by atomic mass is 10.2. The molecule has 0 radical (unpaired) electrons. The van der Waals surface area contributed by atoms with Gasteiger partial charge in [0, 0.05) is 39.4 Å². The highest BCUT2D eigenvalue weighted by atomic mass is 127. The van der Waals surface area contributed by atoms with Gasteiger partial charge in [-0.3, -0.25) is 4.99 Å². The van der Waals surface area contributed by atoms with Crippen LogP contribution in [0.1, 0.15) is 19.4 Å². The van der Waals surface area contributed by atoms with Crippen LogP contribution in [0.4, 0.5) is 5.82 Å². The summed E-state index contributed by atoms with van der Waals surface area (Å²) in [4.78, 5) is 13.5. The van der Waals surface area contributed by atoms with Crippen LogP contribution >= 0.6 is 24.0 Å². The number of morpholine rings is 1. The fraction of sp³-hybridized carbons (Fsp3) is 0.625. The molecule has 2 aliphatic rings. The molecule has 1 N–H and O–H groups in total. The molecular formula is C16H26IN5O. The van der Waals surface area contributed by atoms with Crippen molar-refractivity contribution in [3.05, 3.63) is 23.9 Å². The average Bonchev–Trinajstić information content (AvgIpc) is 2.90. The largest absolute Gasteiger partial charge is 0.372 e. The zero-order chi connectivity index (χ0) is 15.5. The van der Waals surface area contributed by atoms with Gasteiger partial charge in [-0.15, -0.1) is 24.0 Å². The predicted molar refractivity (Wildman–Crippen MR) is 104 cm³/mol. The molecule has 2 unspecified atom stereocenters. The van der Waals surface area contributed by atoms with Crippen molar-refractivity contribution in [3.63, 3.8) is 0 Å². The lowest BCUT2D eigenvalue weighted by Crippen LogP contribution is -2.45. The molecule has 0 aromatic carbocycles. The molecule has 0 bridgehead atoms. The Balaban J connectivity index is 0.00000192. The molecule has 128 valence electrons. The van der Waals surface area contributed by atoms with Crippen LogP contribution in [-0.2, 0) is 11.3 Å². The lowest BCUT2D eigenvalue weighted by molar-refractivity contribution is -0.00545. The number of rotatable bonds is 3. The van der Waals surface area contributed by atoms with Crippen LogP contribution in [0.3, 0.4) is 0 Å². The summed E-state index contributed by atoms with van der Waals surface area (Å²) in [6.07, 6.45) is 2.45. The van der Waals surface area contributed by atoms with Gasteiger partial charge in [0.15, 0.2) is 5.96 Å². The number of guanidine groups is 1. The number of nitrogens with zero attached hydrogens (tertiary/aromatic N) is 4. The Kier molecular flexibility index (Phi) is 6.46. The summed E-state index contributed by atoms with van der Waals surface area (Å²) >= 11 is 0.